The first kappa shape index (κ1) is 12.9. The number of rotatable bonds is 4. The summed E-state index contributed by atoms with van der Waals surface area (Å²) in [5.74, 6) is -0.263. The minimum Gasteiger partial charge on any atom is -0.481 e. The van der Waals surface area contributed by atoms with Crippen LogP contribution in [0.3, 0.4) is 0 Å². The zero-order valence-corrected chi connectivity index (χ0v) is 11.7. The summed E-state index contributed by atoms with van der Waals surface area (Å²) in [6.07, 6.45) is 6.72. The molecule has 1 amide bonds. The standard InChI is InChI=1S/C15H23NO3/c1-2-5-14(7-8-14)12(17)16-9-11-4-3-6-15(11,10-16)13(18)19/h11H,2-10H2,1H3,(H,18,19)/t11-,15+/m0/s1. The third-order valence-corrected chi connectivity index (χ3v) is 5.62. The van der Waals surface area contributed by atoms with E-state index in [4.69, 9.17) is 0 Å². The molecule has 3 aliphatic rings. The topological polar surface area (TPSA) is 57.6 Å². The molecule has 0 aromatic carbocycles. The SMILES string of the molecule is CCCC1(C(=O)N2C[C@@H]3CCC[C@@]3(C(=O)O)C2)CC1. The van der Waals surface area contributed by atoms with Gasteiger partial charge in [0.2, 0.25) is 5.91 Å². The predicted octanol–water partition coefficient (Wildman–Crippen LogP) is 2.28. The van der Waals surface area contributed by atoms with E-state index >= 15 is 0 Å². The van der Waals surface area contributed by atoms with E-state index in [0.717, 1.165) is 44.9 Å². The number of fused-ring (bicyclic) bond motifs is 1. The zero-order chi connectivity index (χ0) is 13.7. The smallest absolute Gasteiger partial charge is 0.311 e. The first-order valence-electron chi connectivity index (χ1n) is 7.57. The quantitative estimate of drug-likeness (QED) is 0.848. The van der Waals surface area contributed by atoms with Crippen LogP contribution in [-0.2, 0) is 9.59 Å². The first-order chi connectivity index (χ1) is 9.04. The van der Waals surface area contributed by atoms with Gasteiger partial charge in [0.1, 0.15) is 0 Å². The second kappa shape index (κ2) is 4.22. The lowest BCUT2D eigenvalue weighted by molar-refractivity contribution is -0.150. The molecule has 0 bridgehead atoms. The molecule has 106 valence electrons. The predicted molar refractivity (Wildman–Crippen MR) is 70.6 cm³/mol. The van der Waals surface area contributed by atoms with Gasteiger partial charge in [-0.25, -0.2) is 0 Å². The van der Waals surface area contributed by atoms with E-state index in [9.17, 15) is 14.7 Å². The fourth-order valence-electron chi connectivity index (χ4n) is 4.33. The molecule has 0 unspecified atom stereocenters. The van der Waals surface area contributed by atoms with E-state index in [1.807, 2.05) is 4.90 Å². The average Bonchev–Trinajstić information content (AvgIpc) is 2.87. The molecule has 2 aliphatic carbocycles. The molecule has 1 N–H and O–H groups in total. The van der Waals surface area contributed by atoms with Crippen molar-refractivity contribution in [3.05, 3.63) is 0 Å². The molecule has 1 saturated heterocycles. The van der Waals surface area contributed by atoms with Crippen LogP contribution in [-0.4, -0.2) is 35.0 Å². The molecule has 1 heterocycles. The van der Waals surface area contributed by atoms with E-state index in [1.165, 1.54) is 0 Å². The van der Waals surface area contributed by atoms with Crippen LogP contribution >= 0.6 is 0 Å². The van der Waals surface area contributed by atoms with E-state index in [-0.39, 0.29) is 17.2 Å². The summed E-state index contributed by atoms with van der Waals surface area (Å²) < 4.78 is 0. The normalized spacial score (nSPS) is 35.2. The first-order valence-corrected chi connectivity index (χ1v) is 7.57. The molecule has 4 nitrogen and oxygen atoms in total. The minimum atomic E-state index is -0.689. The number of hydrogen-bond acceptors (Lipinski definition) is 2. The molecule has 0 spiro atoms. The summed E-state index contributed by atoms with van der Waals surface area (Å²) in [7, 11) is 0. The summed E-state index contributed by atoms with van der Waals surface area (Å²) in [5.41, 5.74) is -0.745. The average molecular weight is 265 g/mol. The summed E-state index contributed by atoms with van der Waals surface area (Å²) >= 11 is 0. The number of hydrogen-bond donors (Lipinski definition) is 1. The number of carboxylic acid groups (broad SMARTS) is 1. The molecular formula is C15H23NO3. The van der Waals surface area contributed by atoms with Gasteiger partial charge in [-0.1, -0.05) is 19.8 Å². The van der Waals surface area contributed by atoms with Crippen LogP contribution in [0, 0.1) is 16.7 Å². The number of carbonyl (C=O) groups excluding carboxylic acids is 1. The van der Waals surface area contributed by atoms with Gasteiger partial charge in [0, 0.05) is 18.5 Å². The van der Waals surface area contributed by atoms with Crippen molar-refractivity contribution in [2.24, 2.45) is 16.7 Å². The van der Waals surface area contributed by atoms with Gasteiger partial charge in [0.05, 0.1) is 5.41 Å². The fourth-order valence-corrected chi connectivity index (χ4v) is 4.33. The van der Waals surface area contributed by atoms with Crippen molar-refractivity contribution in [1.29, 1.82) is 0 Å². The van der Waals surface area contributed by atoms with E-state index in [1.54, 1.807) is 0 Å². The van der Waals surface area contributed by atoms with Crippen molar-refractivity contribution in [2.75, 3.05) is 13.1 Å². The Labute approximate surface area is 114 Å². The van der Waals surface area contributed by atoms with Crippen LogP contribution in [0.2, 0.25) is 0 Å². The summed E-state index contributed by atoms with van der Waals surface area (Å²) in [4.78, 5) is 26.2. The van der Waals surface area contributed by atoms with Gasteiger partial charge >= 0.3 is 5.97 Å². The van der Waals surface area contributed by atoms with Crippen molar-refractivity contribution in [3.8, 4) is 0 Å². The zero-order valence-electron chi connectivity index (χ0n) is 11.7. The number of amides is 1. The van der Waals surface area contributed by atoms with Gasteiger partial charge in [0.15, 0.2) is 0 Å². The molecule has 2 atom stereocenters. The Morgan fingerprint density at radius 1 is 1.32 bits per heavy atom. The Kier molecular flexibility index (Phi) is 2.88. The van der Waals surface area contributed by atoms with Crippen LogP contribution in [0.4, 0.5) is 0 Å². The van der Waals surface area contributed by atoms with Crippen LogP contribution in [0.15, 0.2) is 0 Å². The Hall–Kier alpha value is -1.06. The third kappa shape index (κ3) is 1.79. The highest BCUT2D eigenvalue weighted by atomic mass is 16.4. The van der Waals surface area contributed by atoms with E-state index < -0.39 is 11.4 Å². The second-order valence-electron chi connectivity index (χ2n) is 6.77. The minimum absolute atomic E-state index is 0.118. The molecule has 3 rings (SSSR count). The third-order valence-electron chi connectivity index (χ3n) is 5.62. The van der Waals surface area contributed by atoms with Crippen molar-refractivity contribution in [2.45, 2.75) is 51.9 Å². The fraction of sp³-hybridized carbons (Fsp3) is 0.867. The molecule has 0 radical (unpaired) electrons. The molecule has 0 aromatic heterocycles. The lowest BCUT2D eigenvalue weighted by Gasteiger charge is -2.26. The van der Waals surface area contributed by atoms with Crippen LogP contribution in [0.25, 0.3) is 0 Å². The Morgan fingerprint density at radius 3 is 2.58 bits per heavy atom. The van der Waals surface area contributed by atoms with Gasteiger partial charge in [-0.05, 0) is 38.0 Å². The van der Waals surface area contributed by atoms with Crippen molar-refractivity contribution < 1.29 is 14.7 Å². The Bertz CT molecular complexity index is 416. The summed E-state index contributed by atoms with van der Waals surface area (Å²) in [6.45, 7) is 3.25. The number of carbonyl (C=O) groups is 2. The monoisotopic (exact) mass is 265 g/mol. The molecule has 19 heavy (non-hydrogen) atoms. The second-order valence-corrected chi connectivity index (χ2v) is 6.77. The maximum absolute atomic E-state index is 12.6. The number of carboxylic acids is 1. The summed E-state index contributed by atoms with van der Waals surface area (Å²) in [5, 5.41) is 9.56. The van der Waals surface area contributed by atoms with Gasteiger partial charge < -0.3 is 10.0 Å². The van der Waals surface area contributed by atoms with Crippen LogP contribution in [0.5, 0.6) is 0 Å². The number of aliphatic carboxylic acids is 1. The van der Waals surface area contributed by atoms with E-state index in [2.05, 4.69) is 6.92 Å². The lowest BCUT2D eigenvalue weighted by Crippen LogP contribution is -2.40. The highest BCUT2D eigenvalue weighted by Crippen LogP contribution is 2.54. The van der Waals surface area contributed by atoms with Gasteiger partial charge in [-0.15, -0.1) is 0 Å². The van der Waals surface area contributed by atoms with Crippen LogP contribution in [0.1, 0.15) is 51.9 Å². The van der Waals surface area contributed by atoms with Crippen LogP contribution < -0.4 is 0 Å². The molecule has 2 saturated carbocycles. The number of nitrogens with zero attached hydrogens (tertiary/aromatic N) is 1. The molecular weight excluding hydrogens is 242 g/mol. The molecule has 4 heteroatoms. The molecule has 1 aliphatic heterocycles. The Morgan fingerprint density at radius 2 is 2.05 bits per heavy atom. The maximum Gasteiger partial charge on any atom is 0.311 e. The van der Waals surface area contributed by atoms with E-state index in [0.29, 0.717) is 13.1 Å². The Balaban J connectivity index is 1.76. The summed E-state index contributed by atoms with van der Waals surface area (Å²) in [6, 6.07) is 0. The largest absolute Gasteiger partial charge is 0.481 e. The molecule has 3 fully saturated rings. The van der Waals surface area contributed by atoms with Gasteiger partial charge in [-0.2, -0.15) is 0 Å². The molecule has 0 aromatic rings. The highest BCUT2D eigenvalue weighted by molar-refractivity contribution is 5.87. The van der Waals surface area contributed by atoms with Gasteiger partial charge in [0.25, 0.3) is 0 Å². The van der Waals surface area contributed by atoms with Gasteiger partial charge in [-0.3, -0.25) is 9.59 Å². The van der Waals surface area contributed by atoms with Crippen molar-refractivity contribution in [3.63, 3.8) is 0 Å². The van der Waals surface area contributed by atoms with Crippen molar-refractivity contribution >= 4 is 11.9 Å². The number of likely N-dealkylation sites (tertiary alicyclic amines) is 1. The lowest BCUT2D eigenvalue weighted by atomic mass is 9.81. The maximum atomic E-state index is 12.6. The highest BCUT2D eigenvalue weighted by Gasteiger charge is 2.59. The van der Waals surface area contributed by atoms with Crippen molar-refractivity contribution in [1.82, 2.24) is 4.90 Å².